The van der Waals surface area contributed by atoms with Gasteiger partial charge in [0.1, 0.15) is 5.82 Å². The highest BCUT2D eigenvalue weighted by Crippen LogP contribution is 2.28. The SMILES string of the molecule is CN(CC1CCCN1c1cccnn1)c1ncc(C(=O)N2CCCCC2)cc1Cl. The Morgan fingerprint density at radius 2 is 2.07 bits per heavy atom. The molecule has 29 heavy (non-hydrogen) atoms. The summed E-state index contributed by atoms with van der Waals surface area (Å²) in [7, 11) is 1.99. The maximum Gasteiger partial charge on any atom is 0.255 e. The van der Waals surface area contributed by atoms with Crippen LogP contribution >= 0.6 is 11.6 Å². The second-order valence-electron chi connectivity index (χ2n) is 7.83. The van der Waals surface area contributed by atoms with Crippen molar-refractivity contribution >= 4 is 29.1 Å². The average Bonchev–Trinajstić information content (AvgIpc) is 3.22. The van der Waals surface area contributed by atoms with Gasteiger partial charge in [-0.3, -0.25) is 4.79 Å². The summed E-state index contributed by atoms with van der Waals surface area (Å²) in [5, 5.41) is 8.78. The lowest BCUT2D eigenvalue weighted by atomic mass is 10.1. The molecular formula is C21H27ClN6O. The van der Waals surface area contributed by atoms with Crippen LogP contribution in [0.2, 0.25) is 5.02 Å². The summed E-state index contributed by atoms with van der Waals surface area (Å²) in [4.78, 5) is 23.5. The van der Waals surface area contributed by atoms with Crippen LogP contribution < -0.4 is 9.80 Å². The first-order valence-corrected chi connectivity index (χ1v) is 10.7. The first-order chi connectivity index (χ1) is 14.1. The highest BCUT2D eigenvalue weighted by Gasteiger charge is 2.28. The smallest absolute Gasteiger partial charge is 0.255 e. The Morgan fingerprint density at radius 3 is 2.79 bits per heavy atom. The quantitative estimate of drug-likeness (QED) is 0.748. The van der Waals surface area contributed by atoms with Gasteiger partial charge in [-0.15, -0.1) is 5.10 Å². The number of carbonyl (C=O) groups excluding carboxylic acids is 1. The van der Waals surface area contributed by atoms with E-state index < -0.39 is 0 Å². The maximum absolute atomic E-state index is 12.7. The van der Waals surface area contributed by atoms with Crippen LogP contribution in [0.4, 0.5) is 11.6 Å². The van der Waals surface area contributed by atoms with Crippen molar-refractivity contribution in [3.05, 3.63) is 41.2 Å². The molecule has 2 saturated heterocycles. The van der Waals surface area contributed by atoms with Crippen molar-refractivity contribution in [1.29, 1.82) is 0 Å². The largest absolute Gasteiger partial charge is 0.356 e. The zero-order valence-corrected chi connectivity index (χ0v) is 17.6. The van der Waals surface area contributed by atoms with Crippen molar-refractivity contribution in [1.82, 2.24) is 20.1 Å². The van der Waals surface area contributed by atoms with E-state index in [2.05, 4.69) is 25.0 Å². The molecule has 1 amide bonds. The summed E-state index contributed by atoms with van der Waals surface area (Å²) in [6, 6.07) is 5.99. The van der Waals surface area contributed by atoms with Crippen LogP contribution in [-0.4, -0.2) is 65.3 Å². The van der Waals surface area contributed by atoms with Crippen LogP contribution in [0.5, 0.6) is 0 Å². The van der Waals surface area contributed by atoms with Gasteiger partial charge in [0.2, 0.25) is 0 Å². The van der Waals surface area contributed by atoms with Gasteiger partial charge in [0.05, 0.1) is 10.6 Å². The molecule has 0 radical (unpaired) electrons. The summed E-state index contributed by atoms with van der Waals surface area (Å²) >= 11 is 6.54. The molecule has 8 heteroatoms. The van der Waals surface area contributed by atoms with Crippen LogP contribution in [0.1, 0.15) is 42.5 Å². The zero-order chi connectivity index (χ0) is 20.2. The number of pyridine rings is 1. The Kier molecular flexibility index (Phi) is 6.13. The molecule has 1 atom stereocenters. The summed E-state index contributed by atoms with van der Waals surface area (Å²) in [6.45, 7) is 3.39. The number of carbonyl (C=O) groups is 1. The average molecular weight is 415 g/mol. The first-order valence-electron chi connectivity index (χ1n) is 10.3. The number of piperidine rings is 1. The molecule has 4 rings (SSSR count). The number of rotatable bonds is 5. The number of aromatic nitrogens is 3. The van der Waals surface area contributed by atoms with Crippen molar-refractivity contribution in [2.24, 2.45) is 0 Å². The van der Waals surface area contributed by atoms with Gasteiger partial charge in [0, 0.05) is 51.7 Å². The fourth-order valence-corrected chi connectivity index (χ4v) is 4.60. The molecule has 0 spiro atoms. The molecule has 1 unspecified atom stereocenters. The second-order valence-corrected chi connectivity index (χ2v) is 8.24. The molecule has 0 N–H and O–H groups in total. The van der Waals surface area contributed by atoms with Gasteiger partial charge < -0.3 is 14.7 Å². The number of halogens is 1. The Hall–Kier alpha value is -2.41. The van der Waals surface area contributed by atoms with Crippen molar-refractivity contribution in [3.8, 4) is 0 Å². The third-order valence-corrected chi connectivity index (χ3v) is 6.07. The molecule has 154 valence electrons. The van der Waals surface area contributed by atoms with Crippen molar-refractivity contribution in [2.45, 2.75) is 38.1 Å². The van der Waals surface area contributed by atoms with Gasteiger partial charge in [-0.25, -0.2) is 4.98 Å². The summed E-state index contributed by atoms with van der Waals surface area (Å²) in [5.41, 5.74) is 0.566. The molecular weight excluding hydrogens is 388 g/mol. The molecule has 2 aromatic rings. The zero-order valence-electron chi connectivity index (χ0n) is 16.8. The van der Waals surface area contributed by atoms with E-state index in [1.165, 1.54) is 6.42 Å². The van der Waals surface area contributed by atoms with Gasteiger partial charge in [-0.1, -0.05) is 11.6 Å². The molecule has 0 saturated carbocycles. The predicted octanol–water partition coefficient (Wildman–Crippen LogP) is 3.26. The summed E-state index contributed by atoms with van der Waals surface area (Å²) in [6.07, 6.45) is 8.89. The van der Waals surface area contributed by atoms with Crippen molar-refractivity contribution < 1.29 is 4.79 Å². The van der Waals surface area contributed by atoms with Crippen molar-refractivity contribution in [3.63, 3.8) is 0 Å². The van der Waals surface area contributed by atoms with Crippen LogP contribution in [0.15, 0.2) is 30.6 Å². The van der Waals surface area contributed by atoms with Gasteiger partial charge in [-0.05, 0) is 50.3 Å². The minimum atomic E-state index is 0.0259. The molecule has 7 nitrogen and oxygen atoms in total. The fourth-order valence-electron chi connectivity index (χ4n) is 4.28. The number of amides is 1. The van der Waals surface area contributed by atoms with E-state index in [9.17, 15) is 4.79 Å². The van der Waals surface area contributed by atoms with Gasteiger partial charge in [0.25, 0.3) is 5.91 Å². The van der Waals surface area contributed by atoms with Gasteiger partial charge >= 0.3 is 0 Å². The van der Waals surface area contributed by atoms with E-state index in [0.717, 1.165) is 57.7 Å². The lowest BCUT2D eigenvalue weighted by molar-refractivity contribution is 0.0724. The van der Waals surface area contributed by atoms with Crippen LogP contribution in [0.3, 0.4) is 0 Å². The maximum atomic E-state index is 12.7. The van der Waals surface area contributed by atoms with Crippen LogP contribution in [0.25, 0.3) is 0 Å². The Bertz CT molecular complexity index is 842. The molecule has 0 bridgehead atoms. The fraction of sp³-hybridized carbons (Fsp3) is 0.524. The second kappa shape index (κ2) is 8.95. The van der Waals surface area contributed by atoms with Gasteiger partial charge in [-0.2, -0.15) is 5.10 Å². The van der Waals surface area contributed by atoms with Gasteiger partial charge in [0.15, 0.2) is 5.82 Å². The minimum Gasteiger partial charge on any atom is -0.356 e. The highest BCUT2D eigenvalue weighted by molar-refractivity contribution is 6.33. The van der Waals surface area contributed by atoms with Crippen LogP contribution in [0, 0.1) is 0 Å². The van der Waals surface area contributed by atoms with E-state index in [0.29, 0.717) is 22.4 Å². The Balaban J connectivity index is 1.44. The number of hydrogen-bond donors (Lipinski definition) is 0. The monoisotopic (exact) mass is 414 g/mol. The lowest BCUT2D eigenvalue weighted by Gasteiger charge is -2.30. The molecule has 2 fully saturated rings. The number of nitrogens with zero attached hydrogens (tertiary/aromatic N) is 6. The van der Waals surface area contributed by atoms with E-state index in [4.69, 9.17) is 11.6 Å². The highest BCUT2D eigenvalue weighted by atomic mass is 35.5. The Labute approximate surface area is 176 Å². The molecule has 2 aliphatic heterocycles. The van der Waals surface area contributed by atoms with E-state index >= 15 is 0 Å². The first kappa shape index (κ1) is 19.9. The summed E-state index contributed by atoms with van der Waals surface area (Å²) < 4.78 is 0. The number of likely N-dealkylation sites (tertiary alicyclic amines) is 1. The third kappa shape index (κ3) is 4.45. The number of anilines is 2. The molecule has 4 heterocycles. The lowest BCUT2D eigenvalue weighted by Crippen LogP contribution is -2.40. The number of hydrogen-bond acceptors (Lipinski definition) is 6. The van der Waals surface area contributed by atoms with E-state index in [-0.39, 0.29) is 5.91 Å². The standard InChI is InChI=1S/C21H27ClN6O/c1-26(15-17-7-6-12-28(17)19-8-5-9-24-25-19)20-18(22)13-16(14-23-20)21(29)27-10-3-2-4-11-27/h5,8-9,13-14,17H,2-4,6-7,10-12,15H2,1H3. The molecule has 2 aliphatic rings. The topological polar surface area (TPSA) is 65.5 Å². The van der Waals surface area contributed by atoms with Crippen molar-refractivity contribution in [2.75, 3.05) is 43.0 Å². The normalized spacial score (nSPS) is 19.4. The molecule has 0 aromatic carbocycles. The minimum absolute atomic E-state index is 0.0259. The summed E-state index contributed by atoms with van der Waals surface area (Å²) in [5.74, 6) is 1.63. The predicted molar refractivity (Wildman–Crippen MR) is 115 cm³/mol. The molecule has 2 aromatic heterocycles. The number of likely N-dealkylation sites (N-methyl/N-ethyl adjacent to an activating group) is 1. The van der Waals surface area contributed by atoms with Crippen LogP contribution in [-0.2, 0) is 0 Å². The third-order valence-electron chi connectivity index (χ3n) is 5.79. The van der Waals surface area contributed by atoms with E-state index in [1.54, 1.807) is 18.5 Å². The molecule has 0 aliphatic carbocycles. The van der Waals surface area contributed by atoms with E-state index in [1.807, 2.05) is 24.1 Å². The Morgan fingerprint density at radius 1 is 1.24 bits per heavy atom.